The van der Waals surface area contributed by atoms with E-state index in [1.807, 2.05) is 82.3 Å². The highest BCUT2D eigenvalue weighted by Gasteiger charge is 2.50. The van der Waals surface area contributed by atoms with E-state index in [0.29, 0.717) is 18.6 Å². The van der Waals surface area contributed by atoms with Crippen LogP contribution in [0.1, 0.15) is 75.5 Å². The molecule has 1 atom stereocenters. The van der Waals surface area contributed by atoms with E-state index in [4.69, 9.17) is 9.31 Å². The van der Waals surface area contributed by atoms with Crippen LogP contribution in [-0.2, 0) is 14.8 Å². The lowest BCUT2D eigenvalue weighted by molar-refractivity contribution is -0.384. The van der Waals surface area contributed by atoms with Crippen LogP contribution in [0.2, 0.25) is 6.32 Å². The second kappa shape index (κ2) is 14.0. The number of unbranched alkanes of at least 4 members (excludes halogenated alkanes) is 1. The van der Waals surface area contributed by atoms with Crippen LogP contribution in [0.25, 0.3) is 5.69 Å². The summed E-state index contributed by atoms with van der Waals surface area (Å²) in [6.07, 6.45) is 2.73. The van der Waals surface area contributed by atoms with E-state index in [2.05, 4.69) is 57.2 Å². The van der Waals surface area contributed by atoms with Crippen molar-refractivity contribution in [2.24, 2.45) is 0 Å². The number of nitro groups is 1. The van der Waals surface area contributed by atoms with Crippen LogP contribution in [0.3, 0.4) is 0 Å². The van der Waals surface area contributed by atoms with E-state index < -0.39 is 33.5 Å². The van der Waals surface area contributed by atoms with E-state index >= 15 is 4.39 Å². The van der Waals surface area contributed by atoms with Crippen LogP contribution in [0.15, 0.2) is 109 Å². The van der Waals surface area contributed by atoms with Gasteiger partial charge in [0.05, 0.1) is 27.7 Å². The van der Waals surface area contributed by atoms with Gasteiger partial charge < -0.3 is 9.31 Å². The van der Waals surface area contributed by atoms with Gasteiger partial charge in [-0.15, -0.1) is 5.10 Å². The number of tetrazole rings is 1. The standard InChI is InChI=1S/C37H40BFN6O4/c1-35(2)36(3,4)49-38(48-35)25-15-14-22-32(34-41-42-43-44(34)33-26-30(45(46)47)23-24-31(33)39)40-37(27-16-8-5-9-17-27,28-18-10-6-11-19-28)29-20-12-7-13-21-29/h5-13,16-21,23-24,26,32,40H,14-15,22,25H2,1-4H3. The minimum atomic E-state index is -0.891. The summed E-state index contributed by atoms with van der Waals surface area (Å²) in [5.74, 6) is -0.360. The van der Waals surface area contributed by atoms with Gasteiger partial charge in [-0.2, -0.15) is 4.68 Å². The summed E-state index contributed by atoms with van der Waals surface area (Å²) in [5, 5.41) is 28.1. The number of nitrogens with zero attached hydrogens (tertiary/aromatic N) is 5. The van der Waals surface area contributed by atoms with Crippen molar-refractivity contribution in [1.82, 2.24) is 25.5 Å². The molecule has 0 amide bonds. The molecule has 1 aliphatic heterocycles. The molecule has 6 rings (SSSR count). The van der Waals surface area contributed by atoms with E-state index in [1.54, 1.807) is 0 Å². The molecule has 1 aromatic heterocycles. The Kier molecular flexibility index (Phi) is 9.74. The number of nitro benzene ring substituents is 1. The predicted molar refractivity (Wildman–Crippen MR) is 186 cm³/mol. The topological polar surface area (TPSA) is 117 Å². The van der Waals surface area contributed by atoms with E-state index in [-0.39, 0.29) is 18.5 Å². The van der Waals surface area contributed by atoms with E-state index in [9.17, 15) is 10.1 Å². The first-order valence-corrected chi connectivity index (χ1v) is 16.5. The molecule has 5 aromatic rings. The van der Waals surface area contributed by atoms with Gasteiger partial charge in [0, 0.05) is 12.1 Å². The average Bonchev–Trinajstić information content (AvgIpc) is 3.66. The number of aromatic nitrogens is 4. The van der Waals surface area contributed by atoms with Crippen molar-refractivity contribution >= 4 is 12.8 Å². The van der Waals surface area contributed by atoms with Crippen LogP contribution in [0, 0.1) is 15.9 Å². The van der Waals surface area contributed by atoms with Crippen LogP contribution in [0.4, 0.5) is 10.1 Å². The highest BCUT2D eigenvalue weighted by Crippen LogP contribution is 2.41. The number of hydrogen-bond acceptors (Lipinski definition) is 8. The molecule has 1 saturated heterocycles. The molecule has 12 heteroatoms. The molecule has 1 unspecified atom stereocenters. The van der Waals surface area contributed by atoms with Gasteiger partial charge in [-0.25, -0.2) is 4.39 Å². The lowest BCUT2D eigenvalue weighted by atomic mass is 9.76. The van der Waals surface area contributed by atoms with Crippen LogP contribution in [-0.4, -0.2) is 43.5 Å². The molecule has 252 valence electrons. The van der Waals surface area contributed by atoms with Crippen molar-refractivity contribution in [3.63, 3.8) is 0 Å². The van der Waals surface area contributed by atoms with Gasteiger partial charge in [0.2, 0.25) is 0 Å². The maximum absolute atomic E-state index is 15.4. The summed E-state index contributed by atoms with van der Waals surface area (Å²) in [7, 11) is -0.335. The van der Waals surface area contributed by atoms with Crippen molar-refractivity contribution in [1.29, 1.82) is 0 Å². The molecule has 0 radical (unpaired) electrons. The minimum absolute atomic E-state index is 0.108. The third kappa shape index (κ3) is 6.89. The van der Waals surface area contributed by atoms with E-state index in [1.165, 1.54) is 4.68 Å². The van der Waals surface area contributed by atoms with Crippen molar-refractivity contribution in [3.05, 3.63) is 148 Å². The molecule has 0 spiro atoms. The van der Waals surface area contributed by atoms with Gasteiger partial charge in [-0.3, -0.25) is 15.4 Å². The Labute approximate surface area is 286 Å². The molecular weight excluding hydrogens is 622 g/mol. The molecule has 0 aliphatic carbocycles. The second-order valence-electron chi connectivity index (χ2n) is 13.4. The van der Waals surface area contributed by atoms with Gasteiger partial charge in [-0.05, 0) is 73.6 Å². The quantitative estimate of drug-likeness (QED) is 0.0451. The third-order valence-electron chi connectivity index (χ3n) is 9.67. The van der Waals surface area contributed by atoms with Crippen molar-refractivity contribution < 1.29 is 18.6 Å². The Hall–Kier alpha value is -4.78. The molecule has 0 bridgehead atoms. The molecule has 2 heterocycles. The van der Waals surface area contributed by atoms with Crippen molar-refractivity contribution in [3.8, 4) is 5.69 Å². The maximum atomic E-state index is 15.4. The summed E-state index contributed by atoms with van der Waals surface area (Å²) in [5.41, 5.74) is 0.832. The fourth-order valence-electron chi connectivity index (χ4n) is 6.44. The highest BCUT2D eigenvalue weighted by atomic mass is 19.1. The first-order valence-electron chi connectivity index (χ1n) is 16.5. The lowest BCUT2D eigenvalue weighted by Crippen LogP contribution is -2.47. The Morgan fingerprint density at radius 1 is 0.857 bits per heavy atom. The maximum Gasteiger partial charge on any atom is 0.457 e. The minimum Gasteiger partial charge on any atom is -0.403 e. The first-order chi connectivity index (χ1) is 23.5. The second-order valence-corrected chi connectivity index (χ2v) is 13.4. The average molecular weight is 663 g/mol. The van der Waals surface area contributed by atoms with Crippen molar-refractivity contribution in [2.45, 2.75) is 76.1 Å². The summed E-state index contributed by atoms with van der Waals surface area (Å²) in [4.78, 5) is 11.1. The molecule has 4 aromatic carbocycles. The van der Waals surface area contributed by atoms with Gasteiger partial charge in [-0.1, -0.05) is 104 Å². The molecule has 49 heavy (non-hydrogen) atoms. The normalized spacial score (nSPS) is 16.1. The zero-order chi connectivity index (χ0) is 34.6. The monoisotopic (exact) mass is 662 g/mol. The summed E-state index contributed by atoms with van der Waals surface area (Å²) in [6, 6.07) is 33.2. The van der Waals surface area contributed by atoms with Gasteiger partial charge in [0.1, 0.15) is 11.5 Å². The number of benzene rings is 4. The van der Waals surface area contributed by atoms with Gasteiger partial charge >= 0.3 is 7.12 Å². The first kappa shape index (κ1) is 34.1. The van der Waals surface area contributed by atoms with Crippen LogP contribution in [0.5, 0.6) is 0 Å². The van der Waals surface area contributed by atoms with Crippen LogP contribution >= 0.6 is 0 Å². The number of rotatable bonds is 13. The Balaban J connectivity index is 1.43. The molecule has 0 saturated carbocycles. The number of hydrogen-bond donors (Lipinski definition) is 1. The van der Waals surface area contributed by atoms with Gasteiger partial charge in [0.25, 0.3) is 5.69 Å². The zero-order valence-corrected chi connectivity index (χ0v) is 28.1. The summed E-state index contributed by atoms with van der Waals surface area (Å²) in [6.45, 7) is 8.15. The zero-order valence-electron chi connectivity index (χ0n) is 28.1. The van der Waals surface area contributed by atoms with Crippen LogP contribution < -0.4 is 5.32 Å². The predicted octanol–water partition coefficient (Wildman–Crippen LogP) is 7.59. The number of halogens is 1. The Bertz CT molecular complexity index is 1760. The molecule has 1 fully saturated rings. The lowest BCUT2D eigenvalue weighted by Gasteiger charge is -2.40. The Morgan fingerprint density at radius 2 is 1.39 bits per heavy atom. The Morgan fingerprint density at radius 3 is 1.90 bits per heavy atom. The summed E-state index contributed by atoms with van der Waals surface area (Å²) < 4.78 is 29.1. The number of nitrogens with one attached hydrogen (secondary N) is 1. The van der Waals surface area contributed by atoms with Gasteiger partial charge in [0.15, 0.2) is 5.82 Å². The fourth-order valence-corrected chi connectivity index (χ4v) is 6.44. The molecule has 10 nitrogen and oxygen atoms in total. The SMILES string of the molecule is CC1(C)OB(CCCCC(NC(c2ccccc2)(c2ccccc2)c2ccccc2)c2nnnn2-c2cc([N+](=O)[O-])ccc2F)OC1(C)C. The largest absolute Gasteiger partial charge is 0.457 e. The third-order valence-corrected chi connectivity index (χ3v) is 9.67. The molecular formula is C37H40BFN6O4. The summed E-state index contributed by atoms with van der Waals surface area (Å²) >= 11 is 0. The number of non-ortho nitro benzene ring substituents is 1. The molecule has 1 aliphatic rings. The molecule has 1 N–H and O–H groups in total. The van der Waals surface area contributed by atoms with Crippen molar-refractivity contribution in [2.75, 3.05) is 0 Å². The smallest absolute Gasteiger partial charge is 0.403 e. The van der Waals surface area contributed by atoms with E-state index in [0.717, 1.165) is 47.7 Å². The highest BCUT2D eigenvalue weighted by molar-refractivity contribution is 6.45. The fraction of sp³-hybridized carbons (Fsp3) is 0.324.